The van der Waals surface area contributed by atoms with Crippen molar-refractivity contribution in [2.45, 2.75) is 19.9 Å². The average molecular weight is 467 g/mol. The van der Waals surface area contributed by atoms with Crippen LogP contribution in [0.25, 0.3) is 0 Å². The van der Waals surface area contributed by atoms with Gasteiger partial charge in [-0.3, -0.25) is 19.3 Å². The number of imide groups is 1. The molecule has 1 aliphatic heterocycles. The summed E-state index contributed by atoms with van der Waals surface area (Å²) < 4.78 is 85.3. The van der Waals surface area contributed by atoms with Crippen molar-refractivity contribution in [2.75, 3.05) is 30.9 Å². The first kappa shape index (κ1) is 16.3. The lowest BCUT2D eigenvalue weighted by atomic mass is 10.1. The molecule has 10 heteroatoms. The molecule has 0 saturated heterocycles. The van der Waals surface area contributed by atoms with E-state index < -0.39 is 56.6 Å². The van der Waals surface area contributed by atoms with Gasteiger partial charge in [-0.25, -0.2) is 8.42 Å². The van der Waals surface area contributed by atoms with Gasteiger partial charge in [-0.1, -0.05) is 12.1 Å². The van der Waals surface area contributed by atoms with Gasteiger partial charge in [0.05, 0.1) is 43.6 Å². The van der Waals surface area contributed by atoms with E-state index in [9.17, 15) is 24.2 Å². The fourth-order valence-corrected chi connectivity index (χ4v) is 3.70. The molecule has 1 atom stereocenters. The smallest absolute Gasteiger partial charge is 0.264 e. The Morgan fingerprint density at radius 3 is 2.62 bits per heavy atom. The predicted octanol–water partition coefficient (Wildman–Crippen LogP) is 2.43. The fraction of sp³-hybridized carbons (Fsp3) is 0.318. The molecule has 0 spiro atoms. The van der Waals surface area contributed by atoms with E-state index in [1.807, 2.05) is 0 Å². The van der Waals surface area contributed by atoms with Gasteiger partial charge in [0.15, 0.2) is 11.5 Å². The number of hydrogen-bond donors (Lipinski definition) is 1. The lowest BCUT2D eigenvalue weighted by molar-refractivity contribution is -0.114. The van der Waals surface area contributed by atoms with Crippen LogP contribution in [0.2, 0.25) is 0 Å². The molecule has 170 valence electrons. The number of hydrogen-bond acceptors (Lipinski definition) is 7. The zero-order valence-corrected chi connectivity index (χ0v) is 18.2. The number of benzene rings is 2. The summed E-state index contributed by atoms with van der Waals surface area (Å²) in [7, 11) is -4.58. The lowest BCUT2D eigenvalue weighted by Gasteiger charge is -2.27. The van der Waals surface area contributed by atoms with Gasteiger partial charge in [0, 0.05) is 20.0 Å². The van der Waals surface area contributed by atoms with E-state index in [4.69, 9.17) is 16.3 Å². The van der Waals surface area contributed by atoms with E-state index in [1.165, 1.54) is 31.4 Å². The number of methoxy groups -OCH3 is 1. The van der Waals surface area contributed by atoms with E-state index in [0.717, 1.165) is 19.1 Å². The summed E-state index contributed by atoms with van der Waals surface area (Å²) in [5.41, 5.74) is -5.56. The lowest BCUT2D eigenvalue weighted by Crippen LogP contribution is -2.37. The molecule has 0 bridgehead atoms. The second kappa shape index (κ2) is 8.99. The van der Waals surface area contributed by atoms with E-state index >= 15 is 0 Å². The van der Waals surface area contributed by atoms with Crippen molar-refractivity contribution >= 4 is 33.2 Å². The van der Waals surface area contributed by atoms with Gasteiger partial charge in [0.1, 0.15) is 9.84 Å². The molecular formula is C22H24N2O7S. The Labute approximate surface area is 194 Å². The molecule has 3 amide bonds. The number of fused-ring (bicyclic) bond motifs is 1. The molecule has 32 heavy (non-hydrogen) atoms. The Hall–Kier alpha value is -3.40. The monoisotopic (exact) mass is 466 g/mol. The molecule has 0 radical (unpaired) electrons. The van der Waals surface area contributed by atoms with Gasteiger partial charge >= 0.3 is 0 Å². The van der Waals surface area contributed by atoms with Crippen molar-refractivity contribution in [1.82, 2.24) is 4.90 Å². The van der Waals surface area contributed by atoms with Gasteiger partial charge in [-0.15, -0.1) is 0 Å². The molecule has 0 saturated carbocycles. The molecular weight excluding hydrogens is 436 g/mol. The van der Waals surface area contributed by atoms with Crippen LogP contribution in [0.1, 0.15) is 54.4 Å². The Bertz CT molecular complexity index is 1430. The summed E-state index contributed by atoms with van der Waals surface area (Å²) in [5.74, 6) is -3.17. The van der Waals surface area contributed by atoms with Crippen LogP contribution in [0.15, 0.2) is 36.4 Å². The molecule has 0 fully saturated rings. The number of ether oxygens (including phenoxy) is 2. The number of rotatable bonds is 8. The highest BCUT2D eigenvalue weighted by Crippen LogP contribution is 2.38. The Balaban J connectivity index is 2.40. The number of amides is 3. The zero-order chi connectivity index (χ0) is 28.8. The topological polar surface area (TPSA) is 119 Å². The normalized spacial score (nSPS) is 18.8. The molecule has 1 heterocycles. The van der Waals surface area contributed by atoms with Gasteiger partial charge in [-0.05, 0) is 36.8 Å². The Kier molecular flexibility index (Phi) is 4.57. The summed E-state index contributed by atoms with van der Waals surface area (Å²) in [4.78, 5) is 38.9. The molecule has 3 rings (SSSR count). The van der Waals surface area contributed by atoms with E-state index in [2.05, 4.69) is 5.32 Å². The Morgan fingerprint density at radius 2 is 2.00 bits per heavy atom. The van der Waals surface area contributed by atoms with Crippen LogP contribution in [0.3, 0.4) is 0 Å². The largest absolute Gasteiger partial charge is 0.493 e. The van der Waals surface area contributed by atoms with Crippen LogP contribution in [0.4, 0.5) is 5.69 Å². The van der Waals surface area contributed by atoms with E-state index in [-0.39, 0.29) is 34.3 Å². The minimum atomic E-state index is -5.87. The van der Waals surface area contributed by atoms with Crippen LogP contribution < -0.4 is 14.8 Å². The number of carbonyl (C=O) groups excluding carboxylic acids is 3. The summed E-state index contributed by atoms with van der Waals surface area (Å²) >= 11 is 0. The second-order valence-electron chi connectivity index (χ2n) is 6.61. The van der Waals surface area contributed by atoms with Crippen molar-refractivity contribution in [3.05, 3.63) is 53.1 Å². The highest BCUT2D eigenvalue weighted by atomic mass is 32.2. The summed E-state index contributed by atoms with van der Waals surface area (Å²) in [6.07, 6.45) is -3.96. The number of carbonyl (C=O) groups is 3. The van der Waals surface area contributed by atoms with E-state index in [1.54, 1.807) is 6.92 Å². The molecule has 9 nitrogen and oxygen atoms in total. The van der Waals surface area contributed by atoms with Crippen LogP contribution in [0.5, 0.6) is 11.5 Å². The van der Waals surface area contributed by atoms with Crippen LogP contribution in [-0.2, 0) is 14.6 Å². The quantitative estimate of drug-likeness (QED) is 0.594. The predicted molar refractivity (Wildman–Crippen MR) is 118 cm³/mol. The van der Waals surface area contributed by atoms with Crippen molar-refractivity contribution in [2.24, 2.45) is 0 Å². The average Bonchev–Trinajstić information content (AvgIpc) is 3.08. The van der Waals surface area contributed by atoms with Gasteiger partial charge in [0.2, 0.25) is 5.91 Å². The standard InChI is InChI=1S/C22H24N2O7S/c1-5-31-19-11-14(9-10-18(19)30-3)17(12-32(4,28)29)24-21(26)15-7-6-8-16(23-13(2)25)20(15)22(24)27/h6-11,17H,5,12H2,1-4H3,(H,23,25)/t17-/m0/s1/i4D3,12D2,17D. The Morgan fingerprint density at radius 1 is 1.25 bits per heavy atom. The molecule has 0 unspecified atom stereocenters. The maximum absolute atomic E-state index is 13.7. The van der Waals surface area contributed by atoms with Gasteiger partial charge in [0.25, 0.3) is 11.8 Å². The van der Waals surface area contributed by atoms with Gasteiger partial charge < -0.3 is 14.8 Å². The number of anilines is 1. The van der Waals surface area contributed by atoms with Crippen LogP contribution in [0, 0.1) is 0 Å². The first-order valence-corrected chi connectivity index (χ1v) is 10.8. The molecule has 2 aromatic carbocycles. The molecule has 0 aliphatic carbocycles. The molecule has 2 aromatic rings. The molecule has 0 aromatic heterocycles. The highest BCUT2D eigenvalue weighted by Gasteiger charge is 2.43. The molecule has 1 aliphatic rings. The highest BCUT2D eigenvalue weighted by molar-refractivity contribution is 7.90. The maximum Gasteiger partial charge on any atom is 0.264 e. The van der Waals surface area contributed by atoms with Crippen LogP contribution in [-0.4, -0.2) is 56.6 Å². The summed E-state index contributed by atoms with van der Waals surface area (Å²) in [6.45, 7) is 2.81. The van der Waals surface area contributed by atoms with Crippen LogP contribution >= 0.6 is 0 Å². The number of nitrogens with one attached hydrogen (secondary N) is 1. The first-order chi connectivity index (χ1) is 17.5. The van der Waals surface area contributed by atoms with Crippen molar-refractivity contribution in [3.8, 4) is 11.5 Å². The van der Waals surface area contributed by atoms with Crippen molar-refractivity contribution in [1.29, 1.82) is 0 Å². The fourth-order valence-electron chi connectivity index (χ4n) is 3.24. The zero-order valence-electron chi connectivity index (χ0n) is 23.4. The summed E-state index contributed by atoms with van der Waals surface area (Å²) in [6, 6.07) is 3.52. The minimum Gasteiger partial charge on any atom is -0.493 e. The third kappa shape index (κ3) is 4.59. The second-order valence-corrected chi connectivity index (χ2v) is 7.82. The van der Waals surface area contributed by atoms with Crippen molar-refractivity contribution < 1.29 is 40.5 Å². The van der Waals surface area contributed by atoms with Crippen molar-refractivity contribution in [3.63, 3.8) is 0 Å². The number of nitrogens with zero attached hydrogens (tertiary/aromatic N) is 1. The number of sulfone groups is 1. The first-order valence-electron chi connectivity index (χ1n) is 12.3. The third-order valence-electron chi connectivity index (χ3n) is 4.42. The minimum absolute atomic E-state index is 0.0454. The summed E-state index contributed by atoms with van der Waals surface area (Å²) in [5, 5.41) is 2.36. The SMILES string of the molecule is [2H]C([2H])([2H])S(=O)(=O)C([2H])([2H])[C@@]([2H])(c1ccc(OC)c(OCC)c1)N1C(=O)c2cccc(NC(C)=O)c2C1=O. The van der Waals surface area contributed by atoms with Gasteiger partial charge in [-0.2, -0.15) is 0 Å². The third-order valence-corrected chi connectivity index (χ3v) is 4.88. The maximum atomic E-state index is 13.7. The molecule has 1 N–H and O–H groups in total. The van der Waals surface area contributed by atoms with E-state index in [0.29, 0.717) is 0 Å².